The Morgan fingerprint density at radius 2 is 1.88 bits per heavy atom. The van der Waals surface area contributed by atoms with Crippen LogP contribution < -0.4 is 9.47 Å². The summed E-state index contributed by atoms with van der Waals surface area (Å²) in [5.74, 6) is 1.48. The van der Waals surface area contributed by atoms with E-state index in [4.69, 9.17) is 26.2 Å². The normalized spacial score (nSPS) is 17.6. The Morgan fingerprint density at radius 3 is 2.73 bits per heavy atom. The fourth-order valence-corrected chi connectivity index (χ4v) is 4.47. The maximum atomic E-state index is 13.0. The molecule has 1 aromatic heterocycles. The Labute approximate surface area is 195 Å². The number of Topliss-reactive ketones (excluding diaryl/α,β-unsaturated/α-hetero) is 1. The number of ether oxygens (including phenoxy) is 2. The zero-order valence-electron chi connectivity index (χ0n) is 17.8. The van der Waals surface area contributed by atoms with Crippen molar-refractivity contribution >= 4 is 23.5 Å². The van der Waals surface area contributed by atoms with E-state index in [1.807, 2.05) is 53.3 Å². The summed E-state index contributed by atoms with van der Waals surface area (Å²) < 4.78 is 13.5. The molecule has 0 saturated heterocycles. The van der Waals surface area contributed by atoms with E-state index in [0.29, 0.717) is 16.3 Å². The van der Waals surface area contributed by atoms with Crippen LogP contribution in [0.4, 0.5) is 0 Å². The quantitative estimate of drug-likeness (QED) is 0.349. The van der Waals surface area contributed by atoms with Crippen molar-refractivity contribution in [3.05, 3.63) is 100 Å². The van der Waals surface area contributed by atoms with E-state index in [-0.39, 0.29) is 17.6 Å². The number of halogens is 1. The Balaban J connectivity index is 1.46. The Hall–Kier alpha value is -3.83. The first-order chi connectivity index (χ1) is 16.0. The number of hydrogen-bond acceptors (Lipinski definition) is 4. The Morgan fingerprint density at radius 1 is 1.06 bits per heavy atom. The van der Waals surface area contributed by atoms with Crippen molar-refractivity contribution in [2.24, 2.45) is 0 Å². The van der Waals surface area contributed by atoms with Crippen molar-refractivity contribution in [1.82, 2.24) is 9.78 Å². The number of aromatic nitrogens is 2. The van der Waals surface area contributed by atoms with Crippen LogP contribution in [0.5, 0.6) is 11.5 Å². The fraction of sp³-hybridized carbons (Fsp3) is 0.111. The van der Waals surface area contributed by atoms with Crippen LogP contribution in [0.1, 0.15) is 28.4 Å². The molecule has 0 aliphatic carbocycles. The number of fused-ring (bicyclic) bond motifs is 2. The highest BCUT2D eigenvalue weighted by Crippen LogP contribution is 2.37. The first-order valence-corrected chi connectivity index (χ1v) is 11.1. The smallest absolute Gasteiger partial charge is 0.232 e. The first kappa shape index (κ1) is 19.8. The number of rotatable bonds is 3. The van der Waals surface area contributed by atoms with Gasteiger partial charge in [0.05, 0.1) is 11.3 Å². The topological polar surface area (TPSA) is 53.4 Å². The number of nitrogens with zero attached hydrogens (tertiary/aromatic N) is 2. The van der Waals surface area contributed by atoms with Crippen molar-refractivity contribution in [3.8, 4) is 28.4 Å². The van der Waals surface area contributed by atoms with Crippen molar-refractivity contribution in [2.75, 3.05) is 0 Å². The molecule has 162 valence electrons. The minimum Gasteiger partial charge on any atom is -0.490 e. The van der Waals surface area contributed by atoms with Gasteiger partial charge in [-0.15, -0.1) is 0 Å². The molecular formula is C27H19ClN2O3. The van der Waals surface area contributed by atoms with Gasteiger partial charge in [-0.2, -0.15) is 5.10 Å². The van der Waals surface area contributed by atoms with Crippen molar-refractivity contribution in [3.63, 3.8) is 0 Å². The molecule has 0 saturated carbocycles. The van der Waals surface area contributed by atoms with Crippen molar-refractivity contribution in [1.29, 1.82) is 0 Å². The lowest BCUT2D eigenvalue weighted by atomic mass is 10.0. The molecule has 1 unspecified atom stereocenters. The van der Waals surface area contributed by atoms with E-state index >= 15 is 0 Å². The van der Waals surface area contributed by atoms with E-state index in [2.05, 4.69) is 13.0 Å². The van der Waals surface area contributed by atoms with E-state index in [0.717, 1.165) is 40.2 Å². The van der Waals surface area contributed by atoms with Crippen LogP contribution in [0.2, 0.25) is 5.02 Å². The molecule has 6 heteroatoms. The second kappa shape index (κ2) is 7.64. The molecule has 4 aromatic rings. The molecule has 0 N–H and O–H groups in total. The van der Waals surface area contributed by atoms with E-state index in [9.17, 15) is 4.79 Å². The summed E-state index contributed by atoms with van der Waals surface area (Å²) >= 11 is 6.08. The molecule has 0 bridgehead atoms. The Kier molecular flexibility index (Phi) is 4.59. The van der Waals surface area contributed by atoms with Crippen LogP contribution in [0.25, 0.3) is 23.0 Å². The van der Waals surface area contributed by atoms with Gasteiger partial charge in [-0.25, -0.2) is 4.68 Å². The molecule has 33 heavy (non-hydrogen) atoms. The zero-order valence-corrected chi connectivity index (χ0v) is 18.5. The standard InChI is InChI=1S/C27H19ClN2O3/c1-16-11-18-12-17(7-9-23(18)32-16)26-19(15-30(29-26)21-5-3-2-4-6-21)13-25-27(31)22-14-20(28)8-10-24(22)33-25/h2-10,12-16H,11H2,1H3/b25-13-. The lowest BCUT2D eigenvalue weighted by Gasteiger charge is -2.04. The highest BCUT2D eigenvalue weighted by molar-refractivity contribution is 6.31. The van der Waals surface area contributed by atoms with E-state index in [1.54, 1.807) is 24.3 Å². The third kappa shape index (κ3) is 3.51. The van der Waals surface area contributed by atoms with Gasteiger partial charge in [-0.1, -0.05) is 29.8 Å². The molecular weight excluding hydrogens is 436 g/mol. The van der Waals surface area contributed by atoms with Gasteiger partial charge in [0.2, 0.25) is 5.78 Å². The molecule has 0 spiro atoms. The lowest BCUT2D eigenvalue weighted by Crippen LogP contribution is -2.05. The summed E-state index contributed by atoms with van der Waals surface area (Å²) in [7, 11) is 0. The summed E-state index contributed by atoms with van der Waals surface area (Å²) in [5.41, 5.74) is 5.05. The zero-order chi connectivity index (χ0) is 22.5. The summed E-state index contributed by atoms with van der Waals surface area (Å²) in [4.78, 5) is 13.0. The van der Waals surface area contributed by atoms with Gasteiger partial charge in [0.15, 0.2) is 5.76 Å². The predicted octanol–water partition coefficient (Wildman–Crippen LogP) is 6.13. The van der Waals surface area contributed by atoms with Gasteiger partial charge in [-0.3, -0.25) is 4.79 Å². The average molecular weight is 455 g/mol. The number of ketones is 1. The largest absolute Gasteiger partial charge is 0.490 e. The fourth-order valence-electron chi connectivity index (χ4n) is 4.30. The monoisotopic (exact) mass is 454 g/mol. The number of carbonyl (C=O) groups excluding carboxylic acids is 1. The molecule has 0 fully saturated rings. The SMILES string of the molecule is CC1Cc2cc(-c3nn(-c4ccccc4)cc3/C=C3\Oc4ccc(Cl)cc4C3=O)ccc2O1. The molecule has 5 nitrogen and oxygen atoms in total. The minimum absolute atomic E-state index is 0.161. The number of hydrogen-bond donors (Lipinski definition) is 0. The maximum absolute atomic E-state index is 13.0. The summed E-state index contributed by atoms with van der Waals surface area (Å²) in [6.45, 7) is 2.06. The number of allylic oxidation sites excluding steroid dienone is 1. The van der Waals surface area contributed by atoms with Gasteiger partial charge in [0.25, 0.3) is 0 Å². The van der Waals surface area contributed by atoms with E-state index in [1.165, 1.54) is 0 Å². The van der Waals surface area contributed by atoms with Crippen LogP contribution in [0.3, 0.4) is 0 Å². The molecule has 0 amide bonds. The Bertz CT molecular complexity index is 1440. The van der Waals surface area contributed by atoms with Crippen LogP contribution in [0, 0.1) is 0 Å². The summed E-state index contributed by atoms with van der Waals surface area (Å²) in [5, 5.41) is 5.37. The average Bonchev–Trinajstić information content (AvgIpc) is 3.49. The molecule has 3 aromatic carbocycles. The molecule has 3 heterocycles. The first-order valence-electron chi connectivity index (χ1n) is 10.7. The van der Waals surface area contributed by atoms with Crippen LogP contribution in [-0.2, 0) is 6.42 Å². The van der Waals surface area contributed by atoms with Gasteiger partial charge in [-0.05, 0) is 67.1 Å². The predicted molar refractivity (Wildman–Crippen MR) is 127 cm³/mol. The summed E-state index contributed by atoms with van der Waals surface area (Å²) in [6.07, 6.45) is 4.69. The third-order valence-electron chi connectivity index (χ3n) is 5.85. The van der Waals surface area contributed by atoms with Gasteiger partial charge in [0.1, 0.15) is 23.3 Å². The second-order valence-corrected chi connectivity index (χ2v) is 8.68. The molecule has 6 rings (SSSR count). The van der Waals surface area contributed by atoms with Crippen LogP contribution >= 0.6 is 11.6 Å². The maximum Gasteiger partial charge on any atom is 0.232 e. The minimum atomic E-state index is -0.193. The lowest BCUT2D eigenvalue weighted by molar-refractivity contribution is 0.101. The van der Waals surface area contributed by atoms with Crippen molar-refractivity contribution in [2.45, 2.75) is 19.4 Å². The highest BCUT2D eigenvalue weighted by Gasteiger charge is 2.28. The molecule has 2 aliphatic rings. The van der Waals surface area contributed by atoms with Gasteiger partial charge < -0.3 is 9.47 Å². The van der Waals surface area contributed by atoms with Crippen LogP contribution in [-0.4, -0.2) is 21.7 Å². The van der Waals surface area contributed by atoms with E-state index < -0.39 is 0 Å². The summed E-state index contributed by atoms with van der Waals surface area (Å²) in [6, 6.07) is 21.0. The highest BCUT2D eigenvalue weighted by atomic mass is 35.5. The second-order valence-electron chi connectivity index (χ2n) is 8.25. The van der Waals surface area contributed by atoms with Gasteiger partial charge in [0, 0.05) is 28.8 Å². The number of para-hydroxylation sites is 1. The van der Waals surface area contributed by atoms with Crippen LogP contribution in [0.15, 0.2) is 78.7 Å². The van der Waals surface area contributed by atoms with Crippen molar-refractivity contribution < 1.29 is 14.3 Å². The molecule has 2 aliphatic heterocycles. The third-order valence-corrected chi connectivity index (χ3v) is 6.08. The number of carbonyl (C=O) groups is 1. The molecule has 0 radical (unpaired) electrons. The number of benzene rings is 3. The van der Waals surface area contributed by atoms with Gasteiger partial charge >= 0.3 is 0 Å². The molecule has 1 atom stereocenters.